The van der Waals surface area contributed by atoms with E-state index in [0.29, 0.717) is 14.8 Å². The normalized spacial score (nSPS) is 10.5. The highest BCUT2D eigenvalue weighted by Crippen LogP contribution is 2.34. The van der Waals surface area contributed by atoms with Crippen LogP contribution in [-0.4, -0.2) is 40.8 Å². The van der Waals surface area contributed by atoms with Crippen molar-refractivity contribution in [3.8, 4) is 0 Å². The Morgan fingerprint density at radius 1 is 1.23 bits per heavy atom. The Balaban J connectivity index is 2.45. The van der Waals surface area contributed by atoms with E-state index in [9.17, 15) is 14.4 Å². The molecule has 0 saturated heterocycles. The van der Waals surface area contributed by atoms with Gasteiger partial charge in [-0.15, -0.1) is 11.3 Å². The molecule has 0 spiro atoms. The number of rotatable bonds is 6. The smallest absolute Gasteiger partial charge is 0.348 e. The van der Waals surface area contributed by atoms with Crippen LogP contribution in [0.3, 0.4) is 0 Å². The van der Waals surface area contributed by atoms with E-state index in [0.717, 1.165) is 11.3 Å². The van der Waals surface area contributed by atoms with Crippen molar-refractivity contribution in [2.24, 2.45) is 7.05 Å². The van der Waals surface area contributed by atoms with Crippen LogP contribution >= 0.6 is 33.9 Å². The lowest BCUT2D eigenvalue weighted by molar-refractivity contribution is 0.0527. The molecule has 140 valence electrons. The van der Waals surface area contributed by atoms with Gasteiger partial charge in [0, 0.05) is 7.05 Å². The quantitative estimate of drug-likeness (QED) is 0.493. The van der Waals surface area contributed by atoms with Crippen molar-refractivity contribution >= 4 is 56.8 Å². The molecular weight excluding hydrogens is 473 g/mol. The number of carbonyl (C=O) groups excluding carboxylic acids is 3. The minimum absolute atomic E-state index is 0.158. The highest BCUT2D eigenvalue weighted by Gasteiger charge is 2.28. The van der Waals surface area contributed by atoms with Crippen molar-refractivity contribution in [3.63, 3.8) is 0 Å². The van der Waals surface area contributed by atoms with Gasteiger partial charge in [0.1, 0.15) is 15.6 Å². The Morgan fingerprint density at radius 3 is 2.38 bits per heavy atom. The molecule has 8 nitrogen and oxygen atoms in total. The summed E-state index contributed by atoms with van der Waals surface area (Å²) in [5.74, 6) is -1.58. The van der Waals surface area contributed by atoms with Crippen LogP contribution < -0.4 is 5.32 Å². The fourth-order valence-corrected chi connectivity index (χ4v) is 4.07. The zero-order valence-corrected chi connectivity index (χ0v) is 17.7. The molecule has 0 aliphatic carbocycles. The molecule has 2 aromatic heterocycles. The van der Waals surface area contributed by atoms with Crippen molar-refractivity contribution in [2.75, 3.05) is 18.5 Å². The molecule has 2 rings (SSSR count). The molecule has 0 fully saturated rings. The van der Waals surface area contributed by atoms with E-state index >= 15 is 0 Å². The molecule has 0 saturated carbocycles. The average Bonchev–Trinajstić information content (AvgIpc) is 3.07. The summed E-state index contributed by atoms with van der Waals surface area (Å²) in [6, 6.07) is 0. The van der Waals surface area contributed by atoms with Crippen molar-refractivity contribution in [3.05, 3.63) is 31.5 Å². The van der Waals surface area contributed by atoms with Gasteiger partial charge in [-0.2, -0.15) is 5.10 Å². The number of thiophene rings is 1. The van der Waals surface area contributed by atoms with Crippen LogP contribution in [0.1, 0.15) is 49.9 Å². The summed E-state index contributed by atoms with van der Waals surface area (Å²) in [6.45, 7) is 5.39. The Morgan fingerprint density at radius 2 is 1.85 bits per heavy atom. The molecule has 0 aliphatic heterocycles. The molecule has 0 bridgehead atoms. The predicted octanol–water partition coefficient (Wildman–Crippen LogP) is 3.00. The topological polar surface area (TPSA) is 99.5 Å². The fourth-order valence-electron chi connectivity index (χ4n) is 2.27. The molecule has 10 heteroatoms. The monoisotopic (exact) mass is 491 g/mol. The SMILES string of the molecule is CCOC(=O)c1sc(NC(=O)c2c(I)cnn2C)c(C(=O)OCC)c1C. The second kappa shape index (κ2) is 8.62. The summed E-state index contributed by atoms with van der Waals surface area (Å²) in [4.78, 5) is 37.4. The van der Waals surface area contributed by atoms with Crippen LogP contribution in [-0.2, 0) is 16.5 Å². The second-order valence-corrected chi connectivity index (χ2v) is 7.30. The average molecular weight is 491 g/mol. The van der Waals surface area contributed by atoms with E-state index in [1.165, 1.54) is 4.68 Å². The van der Waals surface area contributed by atoms with Gasteiger partial charge in [-0.05, 0) is 48.9 Å². The first-order chi connectivity index (χ1) is 12.3. The lowest BCUT2D eigenvalue weighted by Crippen LogP contribution is -2.18. The first-order valence-corrected chi connectivity index (χ1v) is 9.67. The Hall–Kier alpha value is -1.95. The maximum atomic E-state index is 12.6. The second-order valence-electron chi connectivity index (χ2n) is 5.12. The van der Waals surface area contributed by atoms with E-state index < -0.39 is 17.8 Å². The Bertz CT molecular complexity index is 839. The van der Waals surface area contributed by atoms with E-state index in [2.05, 4.69) is 10.4 Å². The van der Waals surface area contributed by atoms with E-state index in [1.54, 1.807) is 34.0 Å². The van der Waals surface area contributed by atoms with Gasteiger partial charge in [0.15, 0.2) is 0 Å². The molecular formula is C16H18IN3O5S. The van der Waals surface area contributed by atoms with Crippen LogP contribution in [0.25, 0.3) is 0 Å². The van der Waals surface area contributed by atoms with Crippen molar-refractivity contribution in [2.45, 2.75) is 20.8 Å². The van der Waals surface area contributed by atoms with Gasteiger partial charge >= 0.3 is 11.9 Å². The van der Waals surface area contributed by atoms with Gasteiger partial charge in [-0.3, -0.25) is 9.48 Å². The third-order valence-electron chi connectivity index (χ3n) is 3.42. The highest BCUT2D eigenvalue weighted by atomic mass is 127. The number of anilines is 1. The number of aromatic nitrogens is 2. The largest absolute Gasteiger partial charge is 0.462 e. The molecule has 1 amide bonds. The van der Waals surface area contributed by atoms with Crippen molar-refractivity contribution in [1.29, 1.82) is 0 Å². The molecule has 0 aromatic carbocycles. The molecule has 1 N–H and O–H groups in total. The maximum absolute atomic E-state index is 12.6. The zero-order valence-electron chi connectivity index (χ0n) is 14.7. The van der Waals surface area contributed by atoms with E-state index in [-0.39, 0.29) is 28.7 Å². The van der Waals surface area contributed by atoms with Gasteiger partial charge in [0.25, 0.3) is 5.91 Å². The number of amides is 1. The number of esters is 2. The molecule has 2 aromatic rings. The lowest BCUT2D eigenvalue weighted by atomic mass is 10.1. The summed E-state index contributed by atoms with van der Waals surface area (Å²) in [5, 5.41) is 6.97. The number of hydrogen-bond acceptors (Lipinski definition) is 7. The Kier molecular flexibility index (Phi) is 6.75. The van der Waals surface area contributed by atoms with Crippen LogP contribution in [0, 0.1) is 10.5 Å². The van der Waals surface area contributed by atoms with E-state index in [4.69, 9.17) is 9.47 Å². The van der Waals surface area contributed by atoms with Gasteiger partial charge in [0.05, 0.1) is 28.5 Å². The number of nitrogens with one attached hydrogen (secondary N) is 1. The van der Waals surface area contributed by atoms with Crippen LogP contribution in [0.2, 0.25) is 0 Å². The molecule has 0 radical (unpaired) electrons. The van der Waals surface area contributed by atoms with Crippen molar-refractivity contribution < 1.29 is 23.9 Å². The minimum atomic E-state index is -0.605. The summed E-state index contributed by atoms with van der Waals surface area (Å²) in [7, 11) is 1.65. The molecule has 0 atom stereocenters. The molecule has 2 heterocycles. The van der Waals surface area contributed by atoms with Gasteiger partial charge < -0.3 is 14.8 Å². The van der Waals surface area contributed by atoms with Gasteiger partial charge in [-0.25, -0.2) is 9.59 Å². The van der Waals surface area contributed by atoms with Crippen LogP contribution in [0.15, 0.2) is 6.20 Å². The van der Waals surface area contributed by atoms with Gasteiger partial charge in [-0.1, -0.05) is 0 Å². The number of carbonyl (C=O) groups is 3. The number of aryl methyl sites for hydroxylation is 1. The lowest BCUT2D eigenvalue weighted by Gasteiger charge is -2.07. The zero-order chi connectivity index (χ0) is 19.4. The third-order valence-corrected chi connectivity index (χ3v) is 5.40. The first-order valence-electron chi connectivity index (χ1n) is 7.78. The van der Waals surface area contributed by atoms with E-state index in [1.807, 2.05) is 22.6 Å². The standard InChI is InChI=1S/C16H18IN3O5S/c1-5-24-15(22)10-8(3)12(16(23)25-6-2)26-14(10)19-13(21)11-9(17)7-18-20(11)4/h7H,5-6H2,1-4H3,(H,19,21). The van der Waals surface area contributed by atoms with Crippen molar-refractivity contribution in [1.82, 2.24) is 9.78 Å². The Labute approximate surface area is 168 Å². The van der Waals surface area contributed by atoms with Gasteiger partial charge in [0.2, 0.25) is 0 Å². The summed E-state index contributed by atoms with van der Waals surface area (Å²) in [6.07, 6.45) is 1.56. The fraction of sp³-hybridized carbons (Fsp3) is 0.375. The first kappa shape index (κ1) is 20.4. The summed E-state index contributed by atoms with van der Waals surface area (Å²) < 4.78 is 12.2. The highest BCUT2D eigenvalue weighted by molar-refractivity contribution is 14.1. The number of halogens is 1. The maximum Gasteiger partial charge on any atom is 0.348 e. The predicted molar refractivity (Wildman–Crippen MR) is 105 cm³/mol. The third kappa shape index (κ3) is 4.06. The number of ether oxygens (including phenoxy) is 2. The van der Waals surface area contributed by atoms with Crippen LogP contribution in [0.5, 0.6) is 0 Å². The molecule has 0 aliphatic rings. The minimum Gasteiger partial charge on any atom is -0.462 e. The molecule has 0 unspecified atom stereocenters. The number of nitrogens with zero attached hydrogens (tertiary/aromatic N) is 2. The number of hydrogen-bond donors (Lipinski definition) is 1. The summed E-state index contributed by atoms with van der Waals surface area (Å²) >= 11 is 2.99. The van der Waals surface area contributed by atoms with Crippen LogP contribution in [0.4, 0.5) is 5.00 Å². The molecule has 26 heavy (non-hydrogen) atoms. The summed E-state index contributed by atoms with van der Waals surface area (Å²) in [5.41, 5.74) is 0.927.